The summed E-state index contributed by atoms with van der Waals surface area (Å²) in [5, 5.41) is 10.5. The highest BCUT2D eigenvalue weighted by atomic mass is 16.6. The lowest BCUT2D eigenvalue weighted by molar-refractivity contribution is -0.384. The standard InChI is InChI=1S/C14H19N3O2/c1-15-9-11-16(12-10-15)8-2-3-13-4-6-14(7-5-13)17(18)19/h2-7H,8-12H2,1H3. The van der Waals surface area contributed by atoms with Gasteiger partial charge in [0.2, 0.25) is 0 Å². The smallest absolute Gasteiger partial charge is 0.269 e. The molecule has 0 bridgehead atoms. The van der Waals surface area contributed by atoms with Crippen molar-refractivity contribution in [1.29, 1.82) is 0 Å². The van der Waals surface area contributed by atoms with Gasteiger partial charge in [0.15, 0.2) is 0 Å². The van der Waals surface area contributed by atoms with Gasteiger partial charge in [0, 0.05) is 44.9 Å². The van der Waals surface area contributed by atoms with Crippen LogP contribution in [-0.2, 0) is 0 Å². The molecule has 0 amide bonds. The molecule has 0 radical (unpaired) electrons. The molecule has 19 heavy (non-hydrogen) atoms. The minimum absolute atomic E-state index is 0.135. The molecule has 1 heterocycles. The highest BCUT2D eigenvalue weighted by Gasteiger charge is 2.11. The van der Waals surface area contributed by atoms with Crippen LogP contribution in [0.3, 0.4) is 0 Å². The van der Waals surface area contributed by atoms with Crippen LogP contribution in [0.4, 0.5) is 5.69 Å². The van der Waals surface area contributed by atoms with Gasteiger partial charge >= 0.3 is 0 Å². The van der Waals surface area contributed by atoms with Gasteiger partial charge in [-0.2, -0.15) is 0 Å². The molecule has 102 valence electrons. The molecule has 1 saturated heterocycles. The fourth-order valence-electron chi connectivity index (χ4n) is 2.08. The van der Waals surface area contributed by atoms with Gasteiger partial charge in [-0.1, -0.05) is 12.2 Å². The lowest BCUT2D eigenvalue weighted by atomic mass is 10.2. The maximum Gasteiger partial charge on any atom is 0.269 e. The van der Waals surface area contributed by atoms with Gasteiger partial charge in [0.05, 0.1) is 4.92 Å². The van der Waals surface area contributed by atoms with E-state index >= 15 is 0 Å². The lowest BCUT2D eigenvalue weighted by Crippen LogP contribution is -2.44. The van der Waals surface area contributed by atoms with Crippen LogP contribution in [0.1, 0.15) is 5.56 Å². The number of hydrogen-bond acceptors (Lipinski definition) is 4. The molecule has 0 aliphatic carbocycles. The molecule has 2 rings (SSSR count). The highest BCUT2D eigenvalue weighted by Crippen LogP contribution is 2.12. The zero-order valence-corrected chi connectivity index (χ0v) is 11.2. The SMILES string of the molecule is CN1CCN(CC=Cc2ccc([N+](=O)[O-])cc2)CC1. The van der Waals surface area contributed by atoms with Gasteiger partial charge in [-0.3, -0.25) is 15.0 Å². The third kappa shape index (κ3) is 4.15. The Balaban J connectivity index is 1.83. The number of non-ortho nitro benzene ring substituents is 1. The predicted molar refractivity (Wildman–Crippen MR) is 76.1 cm³/mol. The molecular formula is C14H19N3O2. The second-order valence-corrected chi connectivity index (χ2v) is 4.85. The molecule has 5 nitrogen and oxygen atoms in total. The fraction of sp³-hybridized carbons (Fsp3) is 0.429. The molecule has 0 aromatic heterocycles. The van der Waals surface area contributed by atoms with Gasteiger partial charge in [-0.15, -0.1) is 0 Å². The summed E-state index contributed by atoms with van der Waals surface area (Å²) in [6.07, 6.45) is 4.13. The van der Waals surface area contributed by atoms with Crippen LogP contribution in [0.5, 0.6) is 0 Å². The molecule has 0 spiro atoms. The first-order valence-corrected chi connectivity index (χ1v) is 6.47. The quantitative estimate of drug-likeness (QED) is 0.613. The molecule has 0 atom stereocenters. The van der Waals surface area contributed by atoms with E-state index in [-0.39, 0.29) is 10.6 Å². The second kappa shape index (κ2) is 6.45. The Morgan fingerprint density at radius 2 is 1.84 bits per heavy atom. The molecule has 1 aromatic carbocycles. The number of nitrogens with zero attached hydrogens (tertiary/aromatic N) is 3. The number of nitro groups is 1. The summed E-state index contributed by atoms with van der Waals surface area (Å²) in [5.41, 5.74) is 1.14. The van der Waals surface area contributed by atoms with E-state index in [0.29, 0.717) is 0 Å². The maximum atomic E-state index is 10.5. The van der Waals surface area contributed by atoms with Crippen molar-refractivity contribution in [3.63, 3.8) is 0 Å². The van der Waals surface area contributed by atoms with E-state index in [2.05, 4.69) is 22.9 Å². The number of piperazine rings is 1. The van der Waals surface area contributed by atoms with E-state index < -0.39 is 0 Å². The topological polar surface area (TPSA) is 49.6 Å². The van der Waals surface area contributed by atoms with Gasteiger partial charge in [-0.05, 0) is 24.7 Å². The van der Waals surface area contributed by atoms with Gasteiger partial charge in [0.1, 0.15) is 0 Å². The Bertz CT molecular complexity index is 448. The van der Waals surface area contributed by atoms with Crippen LogP contribution in [0, 0.1) is 10.1 Å². The van der Waals surface area contributed by atoms with Gasteiger partial charge < -0.3 is 4.90 Å². The molecule has 0 N–H and O–H groups in total. The summed E-state index contributed by atoms with van der Waals surface area (Å²) in [5.74, 6) is 0. The third-order valence-electron chi connectivity index (χ3n) is 3.37. The van der Waals surface area contributed by atoms with Crippen molar-refractivity contribution in [2.24, 2.45) is 0 Å². The van der Waals surface area contributed by atoms with E-state index in [1.165, 1.54) is 12.1 Å². The summed E-state index contributed by atoms with van der Waals surface area (Å²) in [4.78, 5) is 14.9. The van der Waals surface area contributed by atoms with Gasteiger partial charge in [0.25, 0.3) is 5.69 Å². The molecule has 0 saturated carbocycles. The average Bonchev–Trinajstić information content (AvgIpc) is 2.41. The normalized spacial score (nSPS) is 17.9. The van der Waals surface area contributed by atoms with Crippen molar-refractivity contribution < 1.29 is 4.92 Å². The van der Waals surface area contributed by atoms with Crippen LogP contribution in [0.15, 0.2) is 30.3 Å². The van der Waals surface area contributed by atoms with E-state index in [0.717, 1.165) is 38.3 Å². The Morgan fingerprint density at radius 3 is 2.42 bits per heavy atom. The first-order chi connectivity index (χ1) is 9.15. The van der Waals surface area contributed by atoms with Crippen molar-refractivity contribution in [3.8, 4) is 0 Å². The van der Waals surface area contributed by atoms with Crippen molar-refractivity contribution in [2.75, 3.05) is 39.8 Å². The predicted octanol–water partition coefficient (Wildman–Crippen LogP) is 1.86. The minimum Gasteiger partial charge on any atom is -0.304 e. The zero-order valence-electron chi connectivity index (χ0n) is 11.2. The summed E-state index contributed by atoms with van der Waals surface area (Å²) >= 11 is 0. The maximum absolute atomic E-state index is 10.5. The Hall–Kier alpha value is -1.72. The van der Waals surface area contributed by atoms with Crippen LogP contribution in [0.25, 0.3) is 6.08 Å². The monoisotopic (exact) mass is 261 g/mol. The summed E-state index contributed by atoms with van der Waals surface area (Å²) in [6.45, 7) is 5.36. The molecule has 5 heteroatoms. The first-order valence-electron chi connectivity index (χ1n) is 6.47. The van der Waals surface area contributed by atoms with Crippen molar-refractivity contribution in [1.82, 2.24) is 9.80 Å². The molecule has 1 aromatic rings. The van der Waals surface area contributed by atoms with Crippen LogP contribution >= 0.6 is 0 Å². The number of nitro benzene ring substituents is 1. The number of hydrogen-bond donors (Lipinski definition) is 0. The molecular weight excluding hydrogens is 242 g/mol. The van der Waals surface area contributed by atoms with Crippen LogP contribution in [-0.4, -0.2) is 54.5 Å². The average molecular weight is 261 g/mol. The summed E-state index contributed by atoms with van der Waals surface area (Å²) in [7, 11) is 2.14. The van der Waals surface area contributed by atoms with Crippen LogP contribution < -0.4 is 0 Å². The van der Waals surface area contributed by atoms with Crippen molar-refractivity contribution in [3.05, 3.63) is 46.0 Å². The van der Waals surface area contributed by atoms with E-state index in [4.69, 9.17) is 0 Å². The zero-order chi connectivity index (χ0) is 13.7. The lowest BCUT2D eigenvalue weighted by Gasteiger charge is -2.31. The van der Waals surface area contributed by atoms with Crippen molar-refractivity contribution in [2.45, 2.75) is 0 Å². The van der Waals surface area contributed by atoms with Crippen LogP contribution in [0.2, 0.25) is 0 Å². The Kier molecular flexibility index (Phi) is 4.65. The van der Waals surface area contributed by atoms with E-state index in [1.54, 1.807) is 12.1 Å². The van der Waals surface area contributed by atoms with E-state index in [1.807, 2.05) is 6.08 Å². The summed E-state index contributed by atoms with van der Waals surface area (Å²) in [6, 6.07) is 6.63. The molecule has 1 aliphatic rings. The Labute approximate surface area is 113 Å². The third-order valence-corrected chi connectivity index (χ3v) is 3.37. The molecule has 1 fully saturated rings. The Morgan fingerprint density at radius 1 is 1.21 bits per heavy atom. The number of rotatable bonds is 4. The van der Waals surface area contributed by atoms with Crippen molar-refractivity contribution >= 4 is 11.8 Å². The van der Waals surface area contributed by atoms with Gasteiger partial charge in [-0.25, -0.2) is 0 Å². The number of benzene rings is 1. The second-order valence-electron chi connectivity index (χ2n) is 4.85. The number of likely N-dealkylation sites (N-methyl/N-ethyl adjacent to an activating group) is 1. The molecule has 0 unspecified atom stereocenters. The fourth-order valence-corrected chi connectivity index (χ4v) is 2.08. The molecule has 1 aliphatic heterocycles. The summed E-state index contributed by atoms with van der Waals surface area (Å²) < 4.78 is 0. The highest BCUT2D eigenvalue weighted by molar-refractivity contribution is 5.51. The van der Waals surface area contributed by atoms with E-state index in [9.17, 15) is 10.1 Å². The minimum atomic E-state index is -0.377. The largest absolute Gasteiger partial charge is 0.304 e. The first kappa shape index (κ1) is 13.7.